The van der Waals surface area contributed by atoms with Gasteiger partial charge in [0.2, 0.25) is 5.91 Å². The Morgan fingerprint density at radius 2 is 1.78 bits per heavy atom. The van der Waals surface area contributed by atoms with E-state index >= 15 is 0 Å². The van der Waals surface area contributed by atoms with Crippen molar-refractivity contribution in [3.8, 4) is 0 Å². The Balaban J connectivity index is 1.50. The predicted octanol–water partition coefficient (Wildman–Crippen LogP) is 5.56. The average Bonchev–Trinajstić information content (AvgIpc) is 2.98. The van der Waals surface area contributed by atoms with Crippen LogP contribution in [0.15, 0.2) is 47.5 Å². The SMILES string of the molecule is CC(C)C[C@H](NC(=O)OC(C)(C)C)C(=O)N1CCN(C2=Nc3cc(Cl)ccc3Nc3ccccc32)CC1. The lowest BCUT2D eigenvalue weighted by Gasteiger charge is -2.38. The number of para-hydroxylation sites is 1. The topological polar surface area (TPSA) is 86.3 Å². The summed E-state index contributed by atoms with van der Waals surface area (Å²) in [5.74, 6) is 1.00. The summed E-state index contributed by atoms with van der Waals surface area (Å²) in [7, 11) is 0. The molecule has 0 aromatic heterocycles. The number of ether oxygens (including phenoxy) is 1. The number of amidine groups is 1. The first-order valence-corrected chi connectivity index (χ1v) is 13.2. The van der Waals surface area contributed by atoms with Crippen molar-refractivity contribution >= 4 is 46.5 Å². The Morgan fingerprint density at radius 1 is 1.08 bits per heavy atom. The van der Waals surface area contributed by atoms with Crippen LogP contribution in [0.25, 0.3) is 0 Å². The van der Waals surface area contributed by atoms with Crippen LogP contribution in [-0.4, -0.2) is 65.5 Å². The van der Waals surface area contributed by atoms with Crippen LogP contribution in [0.1, 0.15) is 46.6 Å². The number of nitrogens with zero attached hydrogens (tertiary/aromatic N) is 3. The minimum absolute atomic E-state index is 0.0822. The summed E-state index contributed by atoms with van der Waals surface area (Å²) in [6.45, 7) is 11.8. The summed E-state index contributed by atoms with van der Waals surface area (Å²) in [4.78, 5) is 34.9. The number of carbonyl (C=O) groups is 2. The number of fused-ring (bicyclic) bond motifs is 2. The third kappa shape index (κ3) is 6.74. The zero-order valence-electron chi connectivity index (χ0n) is 22.2. The first kappa shape index (κ1) is 26.8. The van der Waals surface area contributed by atoms with Crippen molar-refractivity contribution in [1.82, 2.24) is 15.1 Å². The maximum atomic E-state index is 13.5. The third-order valence-electron chi connectivity index (χ3n) is 6.21. The Morgan fingerprint density at radius 3 is 2.46 bits per heavy atom. The maximum absolute atomic E-state index is 13.5. The van der Waals surface area contributed by atoms with E-state index in [2.05, 4.69) is 21.6 Å². The molecule has 9 heteroatoms. The van der Waals surface area contributed by atoms with Crippen LogP contribution in [0.4, 0.5) is 21.9 Å². The van der Waals surface area contributed by atoms with Gasteiger partial charge in [0.25, 0.3) is 0 Å². The van der Waals surface area contributed by atoms with Gasteiger partial charge in [0.05, 0.1) is 11.4 Å². The molecule has 37 heavy (non-hydrogen) atoms. The molecular weight excluding hydrogens is 490 g/mol. The molecule has 2 aromatic rings. The van der Waals surface area contributed by atoms with Crippen LogP contribution in [-0.2, 0) is 9.53 Å². The van der Waals surface area contributed by atoms with Crippen LogP contribution in [0.5, 0.6) is 0 Å². The van der Waals surface area contributed by atoms with E-state index in [0.717, 1.165) is 28.5 Å². The molecular formula is C28H36ClN5O3. The van der Waals surface area contributed by atoms with Gasteiger partial charge < -0.3 is 25.2 Å². The van der Waals surface area contributed by atoms with E-state index in [1.165, 1.54) is 0 Å². The number of hydrogen-bond acceptors (Lipinski definition) is 6. The van der Waals surface area contributed by atoms with Gasteiger partial charge in [0.15, 0.2) is 0 Å². The number of alkyl carbamates (subject to hydrolysis) is 1. The highest BCUT2D eigenvalue weighted by Crippen LogP contribution is 2.36. The normalized spacial score (nSPS) is 16.1. The molecule has 2 aliphatic heterocycles. The Bertz CT molecular complexity index is 1180. The minimum atomic E-state index is -0.630. The monoisotopic (exact) mass is 525 g/mol. The minimum Gasteiger partial charge on any atom is -0.444 e. The molecule has 1 fully saturated rings. The lowest BCUT2D eigenvalue weighted by atomic mass is 10.0. The molecule has 1 atom stereocenters. The van der Waals surface area contributed by atoms with Crippen molar-refractivity contribution in [3.63, 3.8) is 0 Å². The molecule has 0 unspecified atom stereocenters. The molecule has 198 valence electrons. The molecule has 0 radical (unpaired) electrons. The lowest BCUT2D eigenvalue weighted by molar-refractivity contribution is -0.135. The summed E-state index contributed by atoms with van der Waals surface area (Å²) in [6, 6.07) is 13.1. The summed E-state index contributed by atoms with van der Waals surface area (Å²) >= 11 is 6.27. The van der Waals surface area contributed by atoms with Crippen molar-refractivity contribution in [1.29, 1.82) is 0 Å². The van der Waals surface area contributed by atoms with Gasteiger partial charge >= 0.3 is 6.09 Å². The van der Waals surface area contributed by atoms with E-state index in [0.29, 0.717) is 37.6 Å². The zero-order chi connectivity index (χ0) is 26.7. The largest absolute Gasteiger partial charge is 0.444 e. The van der Waals surface area contributed by atoms with Crippen molar-refractivity contribution in [2.24, 2.45) is 10.9 Å². The van der Waals surface area contributed by atoms with Gasteiger partial charge in [-0.25, -0.2) is 9.79 Å². The fourth-order valence-corrected chi connectivity index (χ4v) is 4.72. The molecule has 2 aromatic carbocycles. The number of nitrogens with one attached hydrogen (secondary N) is 2. The number of amides is 2. The highest BCUT2D eigenvalue weighted by atomic mass is 35.5. The third-order valence-corrected chi connectivity index (χ3v) is 6.45. The number of hydrogen-bond donors (Lipinski definition) is 2. The van der Waals surface area contributed by atoms with E-state index < -0.39 is 17.7 Å². The summed E-state index contributed by atoms with van der Waals surface area (Å²) in [6.07, 6.45) is -0.0268. The molecule has 0 saturated carbocycles. The van der Waals surface area contributed by atoms with Gasteiger partial charge in [-0.2, -0.15) is 0 Å². The molecule has 2 aliphatic rings. The molecule has 0 aliphatic carbocycles. The average molecular weight is 526 g/mol. The highest BCUT2D eigenvalue weighted by Gasteiger charge is 2.32. The second-order valence-electron chi connectivity index (χ2n) is 10.9. The Labute approximate surface area is 224 Å². The molecule has 4 rings (SSSR count). The number of piperazine rings is 1. The summed E-state index contributed by atoms with van der Waals surface area (Å²) < 4.78 is 5.41. The van der Waals surface area contributed by atoms with E-state index in [1.54, 1.807) is 20.8 Å². The molecule has 1 saturated heterocycles. The maximum Gasteiger partial charge on any atom is 0.408 e. The number of anilines is 2. The van der Waals surface area contributed by atoms with Gasteiger partial charge in [-0.15, -0.1) is 0 Å². The lowest BCUT2D eigenvalue weighted by Crippen LogP contribution is -2.56. The van der Waals surface area contributed by atoms with Crippen LogP contribution in [0, 0.1) is 5.92 Å². The van der Waals surface area contributed by atoms with E-state index in [-0.39, 0.29) is 11.8 Å². The smallest absolute Gasteiger partial charge is 0.408 e. The van der Waals surface area contributed by atoms with Crippen LogP contribution >= 0.6 is 11.6 Å². The van der Waals surface area contributed by atoms with Crippen LogP contribution in [0.2, 0.25) is 5.02 Å². The molecule has 0 bridgehead atoms. The van der Waals surface area contributed by atoms with Crippen LogP contribution in [0.3, 0.4) is 0 Å². The van der Waals surface area contributed by atoms with Crippen LogP contribution < -0.4 is 10.6 Å². The number of aliphatic imine (C=N–C) groups is 1. The molecule has 2 amide bonds. The second-order valence-corrected chi connectivity index (χ2v) is 11.3. The summed E-state index contributed by atoms with van der Waals surface area (Å²) in [5, 5.41) is 6.90. The first-order valence-electron chi connectivity index (χ1n) is 12.8. The standard InChI is InChI=1S/C28H36ClN5O3/c1-18(2)16-24(32-27(36)37-28(3,4)5)26(35)34-14-12-33(13-15-34)25-20-8-6-7-9-21(20)30-22-11-10-19(29)17-23(22)31-25/h6-11,17-18,24,30H,12-16H2,1-5H3,(H,32,36)/t24-/m0/s1. The molecule has 2 N–H and O–H groups in total. The van der Waals surface area contributed by atoms with E-state index in [9.17, 15) is 9.59 Å². The quantitative estimate of drug-likeness (QED) is 0.546. The molecule has 2 heterocycles. The van der Waals surface area contributed by atoms with Gasteiger partial charge in [0, 0.05) is 42.5 Å². The number of halogens is 1. The number of rotatable bonds is 4. The van der Waals surface area contributed by atoms with Gasteiger partial charge in [0.1, 0.15) is 17.5 Å². The molecule has 0 spiro atoms. The van der Waals surface area contributed by atoms with E-state index in [4.69, 9.17) is 21.3 Å². The first-order chi connectivity index (χ1) is 17.5. The second kappa shape index (κ2) is 11.0. The number of benzene rings is 2. The van der Waals surface area contributed by atoms with Crippen molar-refractivity contribution < 1.29 is 14.3 Å². The summed E-state index contributed by atoms with van der Waals surface area (Å²) in [5.41, 5.74) is 3.01. The van der Waals surface area contributed by atoms with Gasteiger partial charge in [-0.05, 0) is 63.4 Å². The van der Waals surface area contributed by atoms with Crippen molar-refractivity contribution in [2.45, 2.75) is 52.7 Å². The zero-order valence-corrected chi connectivity index (χ0v) is 22.9. The number of carbonyl (C=O) groups excluding carboxylic acids is 2. The van der Waals surface area contributed by atoms with Gasteiger partial charge in [-0.3, -0.25) is 4.79 Å². The highest BCUT2D eigenvalue weighted by molar-refractivity contribution is 6.31. The van der Waals surface area contributed by atoms with Crippen molar-refractivity contribution in [3.05, 3.63) is 53.1 Å². The fraction of sp³-hybridized carbons (Fsp3) is 0.464. The van der Waals surface area contributed by atoms with E-state index in [1.807, 2.05) is 55.1 Å². The Hall–Kier alpha value is -3.26. The van der Waals surface area contributed by atoms with Crippen molar-refractivity contribution in [2.75, 3.05) is 31.5 Å². The Kier molecular flexibility index (Phi) is 7.97. The predicted molar refractivity (Wildman–Crippen MR) is 148 cm³/mol. The fourth-order valence-electron chi connectivity index (χ4n) is 4.55. The molecule has 8 nitrogen and oxygen atoms in total. The van der Waals surface area contributed by atoms with Gasteiger partial charge in [-0.1, -0.05) is 37.6 Å².